The summed E-state index contributed by atoms with van der Waals surface area (Å²) in [5, 5.41) is 2.91. The van der Waals surface area contributed by atoms with Gasteiger partial charge in [0.05, 0.1) is 10.1 Å². The SMILES string of the molecule is CC(Oc1cccc(Cl)c1)C(=O)Nc1cccc(S(=O)(=O)C2CCCC2)c1. The van der Waals surface area contributed by atoms with Crippen LogP contribution in [0.4, 0.5) is 5.69 Å². The lowest BCUT2D eigenvalue weighted by atomic mass is 10.3. The molecule has 1 fully saturated rings. The minimum absolute atomic E-state index is 0.246. The maximum atomic E-state index is 12.7. The second-order valence-electron chi connectivity index (χ2n) is 6.69. The quantitative estimate of drug-likeness (QED) is 0.767. The Morgan fingerprint density at radius 1 is 1.15 bits per heavy atom. The molecule has 0 radical (unpaired) electrons. The molecule has 0 bridgehead atoms. The molecule has 27 heavy (non-hydrogen) atoms. The minimum atomic E-state index is -3.37. The van der Waals surface area contributed by atoms with Crippen molar-refractivity contribution in [2.24, 2.45) is 0 Å². The topological polar surface area (TPSA) is 72.5 Å². The van der Waals surface area contributed by atoms with Gasteiger partial charge in [0.2, 0.25) is 0 Å². The number of hydrogen-bond donors (Lipinski definition) is 1. The largest absolute Gasteiger partial charge is 0.481 e. The first-order valence-corrected chi connectivity index (χ1v) is 10.9. The summed E-state index contributed by atoms with van der Waals surface area (Å²) >= 11 is 5.91. The number of carbonyl (C=O) groups is 1. The van der Waals surface area contributed by atoms with Crippen LogP contribution in [0.3, 0.4) is 0 Å². The van der Waals surface area contributed by atoms with Gasteiger partial charge in [-0.25, -0.2) is 8.42 Å². The number of ether oxygens (including phenoxy) is 1. The zero-order chi connectivity index (χ0) is 19.4. The molecule has 1 aliphatic carbocycles. The lowest BCUT2D eigenvalue weighted by Gasteiger charge is -2.16. The highest BCUT2D eigenvalue weighted by molar-refractivity contribution is 7.92. The monoisotopic (exact) mass is 407 g/mol. The summed E-state index contributed by atoms with van der Waals surface area (Å²) in [5.74, 6) is 0.119. The average Bonchev–Trinajstić information content (AvgIpc) is 3.17. The molecule has 3 rings (SSSR count). The van der Waals surface area contributed by atoms with Crippen LogP contribution in [0, 0.1) is 0 Å². The number of hydrogen-bond acceptors (Lipinski definition) is 4. The lowest BCUT2D eigenvalue weighted by molar-refractivity contribution is -0.122. The molecular weight excluding hydrogens is 386 g/mol. The van der Waals surface area contributed by atoms with E-state index in [1.165, 1.54) is 6.07 Å². The van der Waals surface area contributed by atoms with E-state index in [1.54, 1.807) is 49.4 Å². The third-order valence-electron chi connectivity index (χ3n) is 4.65. The summed E-state index contributed by atoms with van der Waals surface area (Å²) in [4.78, 5) is 12.6. The van der Waals surface area contributed by atoms with Crippen LogP contribution in [0.1, 0.15) is 32.6 Å². The molecular formula is C20H22ClNO4S. The highest BCUT2D eigenvalue weighted by atomic mass is 35.5. The van der Waals surface area contributed by atoms with Crippen molar-refractivity contribution < 1.29 is 17.9 Å². The highest BCUT2D eigenvalue weighted by Gasteiger charge is 2.30. The first-order valence-electron chi connectivity index (χ1n) is 8.93. The number of benzene rings is 2. The van der Waals surface area contributed by atoms with Crippen LogP contribution in [-0.4, -0.2) is 25.7 Å². The summed E-state index contributed by atoms with van der Waals surface area (Å²) in [7, 11) is -3.37. The van der Waals surface area contributed by atoms with Crippen molar-refractivity contribution >= 4 is 33.0 Å². The van der Waals surface area contributed by atoms with Gasteiger partial charge in [0.1, 0.15) is 5.75 Å². The number of halogens is 1. The Labute approximate surface area is 164 Å². The van der Waals surface area contributed by atoms with Crippen molar-refractivity contribution in [2.75, 3.05) is 5.32 Å². The summed E-state index contributed by atoms with van der Waals surface area (Å²) in [6.45, 7) is 1.62. The van der Waals surface area contributed by atoms with E-state index in [1.807, 2.05) is 0 Å². The van der Waals surface area contributed by atoms with Crippen molar-refractivity contribution in [3.63, 3.8) is 0 Å². The highest BCUT2D eigenvalue weighted by Crippen LogP contribution is 2.30. The molecule has 1 N–H and O–H groups in total. The zero-order valence-corrected chi connectivity index (χ0v) is 16.6. The van der Waals surface area contributed by atoms with Gasteiger partial charge < -0.3 is 10.1 Å². The third-order valence-corrected chi connectivity index (χ3v) is 7.14. The second kappa shape index (κ2) is 8.31. The van der Waals surface area contributed by atoms with Gasteiger partial charge in [0.15, 0.2) is 15.9 Å². The van der Waals surface area contributed by atoms with Gasteiger partial charge in [-0.1, -0.05) is 36.6 Å². The smallest absolute Gasteiger partial charge is 0.265 e. The number of sulfone groups is 1. The maximum absolute atomic E-state index is 12.7. The Morgan fingerprint density at radius 2 is 1.85 bits per heavy atom. The molecule has 1 amide bonds. The van der Waals surface area contributed by atoms with E-state index < -0.39 is 15.9 Å². The first kappa shape index (κ1) is 19.7. The van der Waals surface area contributed by atoms with E-state index in [-0.39, 0.29) is 16.1 Å². The van der Waals surface area contributed by atoms with Gasteiger partial charge in [0.25, 0.3) is 5.91 Å². The van der Waals surface area contributed by atoms with Crippen LogP contribution >= 0.6 is 11.6 Å². The molecule has 1 aliphatic rings. The number of nitrogens with one attached hydrogen (secondary N) is 1. The van der Waals surface area contributed by atoms with Gasteiger partial charge in [-0.3, -0.25) is 4.79 Å². The Hall–Kier alpha value is -2.05. The van der Waals surface area contributed by atoms with E-state index >= 15 is 0 Å². The van der Waals surface area contributed by atoms with Gasteiger partial charge in [-0.15, -0.1) is 0 Å². The van der Waals surface area contributed by atoms with Gasteiger partial charge >= 0.3 is 0 Å². The second-order valence-corrected chi connectivity index (χ2v) is 9.35. The van der Waals surface area contributed by atoms with Crippen LogP contribution in [0.5, 0.6) is 5.75 Å². The Morgan fingerprint density at radius 3 is 2.56 bits per heavy atom. The van der Waals surface area contributed by atoms with E-state index in [2.05, 4.69) is 5.32 Å². The summed E-state index contributed by atoms with van der Waals surface area (Å²) in [6.07, 6.45) is 2.52. The van der Waals surface area contributed by atoms with Crippen molar-refractivity contribution in [3.8, 4) is 5.75 Å². The fourth-order valence-electron chi connectivity index (χ4n) is 3.18. The molecule has 2 aromatic rings. The molecule has 1 saturated carbocycles. The van der Waals surface area contributed by atoms with Crippen molar-refractivity contribution in [2.45, 2.75) is 48.9 Å². The van der Waals surface area contributed by atoms with E-state index in [0.29, 0.717) is 29.3 Å². The molecule has 0 aromatic heterocycles. The third kappa shape index (κ3) is 4.82. The molecule has 144 valence electrons. The van der Waals surface area contributed by atoms with Gasteiger partial charge in [-0.05, 0) is 56.2 Å². The van der Waals surface area contributed by atoms with Crippen LogP contribution in [0.2, 0.25) is 5.02 Å². The molecule has 5 nitrogen and oxygen atoms in total. The van der Waals surface area contributed by atoms with E-state index in [4.69, 9.17) is 16.3 Å². The van der Waals surface area contributed by atoms with Gasteiger partial charge in [-0.2, -0.15) is 0 Å². The Bertz CT molecular complexity index is 923. The number of rotatable bonds is 6. The predicted molar refractivity (Wildman–Crippen MR) is 106 cm³/mol. The first-order chi connectivity index (χ1) is 12.9. The molecule has 1 atom stereocenters. The molecule has 0 aliphatic heterocycles. The van der Waals surface area contributed by atoms with Crippen LogP contribution < -0.4 is 10.1 Å². The van der Waals surface area contributed by atoms with Crippen molar-refractivity contribution in [1.82, 2.24) is 0 Å². The minimum Gasteiger partial charge on any atom is -0.481 e. The zero-order valence-electron chi connectivity index (χ0n) is 15.0. The Kier molecular flexibility index (Phi) is 6.07. The van der Waals surface area contributed by atoms with Crippen LogP contribution in [0.15, 0.2) is 53.4 Å². The summed E-state index contributed by atoms with van der Waals surface area (Å²) < 4.78 is 31.1. The summed E-state index contributed by atoms with van der Waals surface area (Å²) in [6, 6.07) is 13.2. The lowest BCUT2D eigenvalue weighted by Crippen LogP contribution is -2.30. The standard InChI is InChI=1S/C20H22ClNO4S/c1-14(26-17-8-4-6-15(21)12-17)20(23)22-16-7-5-11-19(13-16)27(24,25)18-9-2-3-10-18/h4-8,11-14,18H,2-3,9-10H2,1H3,(H,22,23). The normalized spacial score (nSPS) is 16.1. The molecule has 0 spiro atoms. The van der Waals surface area contributed by atoms with Crippen LogP contribution in [0.25, 0.3) is 0 Å². The molecule has 0 saturated heterocycles. The number of carbonyl (C=O) groups excluding carboxylic acids is 1. The van der Waals surface area contributed by atoms with E-state index in [0.717, 1.165) is 12.8 Å². The number of anilines is 1. The maximum Gasteiger partial charge on any atom is 0.265 e. The average molecular weight is 408 g/mol. The van der Waals surface area contributed by atoms with Crippen molar-refractivity contribution in [1.29, 1.82) is 0 Å². The number of amides is 1. The fraction of sp³-hybridized carbons (Fsp3) is 0.350. The van der Waals surface area contributed by atoms with Crippen molar-refractivity contribution in [3.05, 3.63) is 53.6 Å². The van der Waals surface area contributed by atoms with E-state index in [9.17, 15) is 13.2 Å². The summed E-state index contributed by atoms with van der Waals surface area (Å²) in [5.41, 5.74) is 0.431. The predicted octanol–water partition coefficient (Wildman–Crippen LogP) is 4.46. The molecule has 7 heteroatoms. The molecule has 2 aromatic carbocycles. The Balaban J connectivity index is 1.69. The fourth-order valence-corrected chi connectivity index (χ4v) is 5.26. The molecule has 0 heterocycles. The van der Waals surface area contributed by atoms with Gasteiger partial charge in [0, 0.05) is 10.7 Å². The molecule has 1 unspecified atom stereocenters. The van der Waals surface area contributed by atoms with Crippen LogP contribution in [-0.2, 0) is 14.6 Å².